The van der Waals surface area contributed by atoms with Crippen LogP contribution < -0.4 is 5.32 Å². The highest BCUT2D eigenvalue weighted by Crippen LogP contribution is 2.38. The van der Waals surface area contributed by atoms with Gasteiger partial charge in [-0.1, -0.05) is 35.9 Å². The summed E-state index contributed by atoms with van der Waals surface area (Å²) in [5.41, 5.74) is 9.83. The number of fused-ring (bicyclic) bond motifs is 2. The molecule has 0 amide bonds. The zero-order valence-corrected chi connectivity index (χ0v) is 25.3. The van der Waals surface area contributed by atoms with Crippen LogP contribution in [0.2, 0.25) is 5.02 Å². The Balaban J connectivity index is 1.23. The highest BCUT2D eigenvalue weighted by Gasteiger charge is 2.22. The first-order chi connectivity index (χ1) is 21.4. The molecular formula is C35H32ClN5O3. The Hall–Kier alpha value is -4.34. The molecule has 44 heavy (non-hydrogen) atoms. The molecule has 222 valence electrons. The highest BCUT2D eigenvalue weighted by atomic mass is 35.5. The average Bonchev–Trinajstić information content (AvgIpc) is 3.65. The molecular weight excluding hydrogens is 574 g/mol. The van der Waals surface area contributed by atoms with E-state index < -0.39 is 0 Å². The lowest BCUT2D eigenvalue weighted by Gasteiger charge is -2.18. The fourth-order valence-electron chi connectivity index (χ4n) is 6.16. The summed E-state index contributed by atoms with van der Waals surface area (Å²) in [5.74, 6) is 1.18. The van der Waals surface area contributed by atoms with Crippen molar-refractivity contribution in [2.75, 3.05) is 18.4 Å². The number of aromatic nitrogens is 3. The lowest BCUT2D eigenvalue weighted by atomic mass is 9.93. The van der Waals surface area contributed by atoms with Gasteiger partial charge >= 0.3 is 0 Å². The number of halogens is 1. The molecule has 1 atom stereocenters. The third-order valence-electron chi connectivity index (χ3n) is 8.52. The number of pyridine rings is 2. The monoisotopic (exact) mass is 605 g/mol. The summed E-state index contributed by atoms with van der Waals surface area (Å²) in [6.45, 7) is 6.39. The van der Waals surface area contributed by atoms with Gasteiger partial charge < -0.3 is 19.9 Å². The van der Waals surface area contributed by atoms with Crippen LogP contribution in [0.3, 0.4) is 0 Å². The number of likely N-dealkylation sites (tertiary alicyclic amines) is 1. The molecule has 7 rings (SSSR count). The average molecular weight is 606 g/mol. The Labute approximate surface area is 260 Å². The van der Waals surface area contributed by atoms with Crippen LogP contribution in [0, 0.1) is 13.8 Å². The molecule has 3 N–H and O–H groups in total. The van der Waals surface area contributed by atoms with Gasteiger partial charge in [-0.15, -0.1) is 0 Å². The quantitative estimate of drug-likeness (QED) is 0.176. The Morgan fingerprint density at radius 1 is 0.977 bits per heavy atom. The van der Waals surface area contributed by atoms with Crippen molar-refractivity contribution in [1.82, 2.24) is 19.9 Å². The van der Waals surface area contributed by atoms with Crippen molar-refractivity contribution >= 4 is 45.1 Å². The number of hydrogen-bond acceptors (Lipinski definition) is 8. The van der Waals surface area contributed by atoms with Gasteiger partial charge in [0, 0.05) is 48.7 Å². The fraction of sp³-hybridized carbons (Fsp3) is 0.229. The van der Waals surface area contributed by atoms with E-state index >= 15 is 0 Å². The van der Waals surface area contributed by atoms with E-state index in [1.54, 1.807) is 12.1 Å². The van der Waals surface area contributed by atoms with Crippen molar-refractivity contribution in [2.45, 2.75) is 39.5 Å². The minimum atomic E-state index is -0.255. The number of oxazole rings is 1. The van der Waals surface area contributed by atoms with Crippen molar-refractivity contribution in [1.29, 1.82) is 0 Å². The molecule has 3 aromatic carbocycles. The maximum absolute atomic E-state index is 9.98. The maximum Gasteiger partial charge on any atom is 0.227 e. The van der Waals surface area contributed by atoms with Crippen LogP contribution in [0.15, 0.2) is 77.5 Å². The Kier molecular flexibility index (Phi) is 7.52. The minimum absolute atomic E-state index is 0.120. The van der Waals surface area contributed by atoms with Gasteiger partial charge in [-0.2, -0.15) is 0 Å². The van der Waals surface area contributed by atoms with Gasteiger partial charge in [0.15, 0.2) is 11.4 Å². The van der Waals surface area contributed by atoms with Crippen LogP contribution in [0.1, 0.15) is 28.7 Å². The number of rotatable bonds is 7. The van der Waals surface area contributed by atoms with E-state index in [4.69, 9.17) is 26.0 Å². The first-order valence-electron chi connectivity index (χ1n) is 14.7. The summed E-state index contributed by atoms with van der Waals surface area (Å²) in [6.07, 6.45) is 4.20. The Morgan fingerprint density at radius 2 is 1.75 bits per heavy atom. The molecule has 4 heterocycles. The highest BCUT2D eigenvalue weighted by molar-refractivity contribution is 6.34. The molecule has 8 nitrogen and oxygen atoms in total. The van der Waals surface area contributed by atoms with Gasteiger partial charge in [0.1, 0.15) is 11.0 Å². The van der Waals surface area contributed by atoms with Gasteiger partial charge in [-0.05, 0) is 90.0 Å². The number of β-amino-alcohol motifs (C(OH)–C–C–N with tert-alkyl or cyclic N) is 1. The molecule has 3 aromatic heterocycles. The molecule has 0 spiro atoms. The lowest BCUT2D eigenvalue weighted by molar-refractivity contribution is 0.175. The molecule has 6 aromatic rings. The van der Waals surface area contributed by atoms with E-state index in [1.807, 2.05) is 36.7 Å². The number of anilines is 2. The molecule has 1 fully saturated rings. The summed E-state index contributed by atoms with van der Waals surface area (Å²) in [6, 6.07) is 19.9. The minimum Gasteiger partial charge on any atom is -0.434 e. The molecule has 0 saturated carbocycles. The van der Waals surface area contributed by atoms with E-state index in [0.717, 1.165) is 63.9 Å². The topological polar surface area (TPSA) is 108 Å². The largest absolute Gasteiger partial charge is 0.434 e. The predicted molar refractivity (Wildman–Crippen MR) is 174 cm³/mol. The lowest BCUT2D eigenvalue weighted by Crippen LogP contribution is -2.21. The summed E-state index contributed by atoms with van der Waals surface area (Å²) in [4.78, 5) is 16.4. The standard InChI is InChI=1S/C35H32ClN5O3/c1-20-25(5-3-7-27(20)35-40-31-16-22(19-42)15-29(36)33(31)44-35)26-6-4-8-30(21(26)2)39-34-32-28(10-13-38-34)23(9-12-37-32)17-41-14-11-24(43)18-41/h3-10,12-13,15-16,24,42-43H,11,14,17-19H2,1-2H3,(H,38,39). The van der Waals surface area contributed by atoms with Crippen LogP contribution in [0.25, 0.3) is 44.6 Å². The number of aliphatic hydroxyl groups is 2. The summed E-state index contributed by atoms with van der Waals surface area (Å²) >= 11 is 6.43. The zero-order chi connectivity index (χ0) is 30.4. The first kappa shape index (κ1) is 28.4. The maximum atomic E-state index is 9.98. The van der Waals surface area contributed by atoms with Crippen LogP contribution >= 0.6 is 11.6 Å². The van der Waals surface area contributed by atoms with Gasteiger partial charge in [0.05, 0.1) is 17.7 Å². The molecule has 0 aliphatic carbocycles. The van der Waals surface area contributed by atoms with Crippen LogP contribution in [0.4, 0.5) is 11.5 Å². The van der Waals surface area contributed by atoms with Crippen molar-refractivity contribution in [3.8, 4) is 22.6 Å². The smallest absolute Gasteiger partial charge is 0.227 e. The van der Waals surface area contributed by atoms with E-state index in [1.165, 1.54) is 5.56 Å². The predicted octanol–water partition coefficient (Wildman–Crippen LogP) is 7.18. The van der Waals surface area contributed by atoms with Crippen molar-refractivity contribution in [3.63, 3.8) is 0 Å². The second kappa shape index (κ2) is 11.6. The molecule has 1 unspecified atom stereocenters. The number of nitrogens with zero attached hydrogens (tertiary/aromatic N) is 4. The van der Waals surface area contributed by atoms with E-state index in [0.29, 0.717) is 39.9 Å². The fourth-order valence-corrected chi connectivity index (χ4v) is 6.44. The number of benzene rings is 3. The van der Waals surface area contributed by atoms with Crippen LogP contribution in [-0.4, -0.2) is 49.3 Å². The molecule has 1 saturated heterocycles. The normalized spacial score (nSPS) is 15.4. The van der Waals surface area contributed by atoms with Crippen LogP contribution in [-0.2, 0) is 13.2 Å². The first-order valence-corrected chi connectivity index (χ1v) is 15.1. The molecule has 1 aliphatic heterocycles. The van der Waals surface area contributed by atoms with Crippen LogP contribution in [0.5, 0.6) is 0 Å². The van der Waals surface area contributed by atoms with Gasteiger partial charge in [0.2, 0.25) is 5.89 Å². The van der Waals surface area contributed by atoms with Gasteiger partial charge in [-0.25, -0.2) is 9.97 Å². The van der Waals surface area contributed by atoms with E-state index in [9.17, 15) is 10.2 Å². The molecule has 1 aliphatic rings. The van der Waals surface area contributed by atoms with Crippen molar-refractivity contribution < 1.29 is 14.6 Å². The van der Waals surface area contributed by atoms with Crippen molar-refractivity contribution in [2.24, 2.45) is 0 Å². The summed E-state index contributed by atoms with van der Waals surface area (Å²) in [7, 11) is 0. The molecule has 0 radical (unpaired) electrons. The van der Waals surface area contributed by atoms with E-state index in [2.05, 4.69) is 53.3 Å². The molecule has 9 heteroatoms. The number of nitrogens with one attached hydrogen (secondary N) is 1. The van der Waals surface area contributed by atoms with Gasteiger partial charge in [-0.3, -0.25) is 9.88 Å². The number of aliphatic hydroxyl groups excluding tert-OH is 2. The summed E-state index contributed by atoms with van der Waals surface area (Å²) in [5, 5.41) is 24.6. The Morgan fingerprint density at radius 3 is 2.55 bits per heavy atom. The second-order valence-electron chi connectivity index (χ2n) is 11.4. The van der Waals surface area contributed by atoms with Crippen molar-refractivity contribution in [3.05, 3.63) is 100 Å². The Bertz CT molecular complexity index is 2020. The SMILES string of the molecule is Cc1c(Nc2nccc3c(CN4CCC(O)C4)ccnc23)cccc1-c1cccc(-c2nc3cc(CO)cc(Cl)c3o2)c1C. The van der Waals surface area contributed by atoms with Gasteiger partial charge in [0.25, 0.3) is 0 Å². The second-order valence-corrected chi connectivity index (χ2v) is 11.8. The summed E-state index contributed by atoms with van der Waals surface area (Å²) < 4.78 is 6.12. The zero-order valence-electron chi connectivity index (χ0n) is 24.5. The molecule has 0 bridgehead atoms. The third-order valence-corrected chi connectivity index (χ3v) is 8.80. The third kappa shape index (κ3) is 5.20. The van der Waals surface area contributed by atoms with E-state index in [-0.39, 0.29) is 12.7 Å². The number of hydrogen-bond donors (Lipinski definition) is 3.